The van der Waals surface area contributed by atoms with Crippen LogP contribution in [0, 0.1) is 11.6 Å². The molecule has 0 saturated carbocycles. The van der Waals surface area contributed by atoms with Crippen molar-refractivity contribution in [3.05, 3.63) is 59.2 Å². The van der Waals surface area contributed by atoms with Gasteiger partial charge >= 0.3 is 5.97 Å². The van der Waals surface area contributed by atoms with Gasteiger partial charge in [0.2, 0.25) is 10.0 Å². The fourth-order valence-corrected chi connectivity index (χ4v) is 5.58. The number of ether oxygens (including phenoxy) is 8. The zero-order chi connectivity index (χ0) is 43.5. The van der Waals surface area contributed by atoms with Crippen LogP contribution in [0.5, 0.6) is 11.5 Å². The molecule has 0 fully saturated rings. The van der Waals surface area contributed by atoms with E-state index in [1.165, 1.54) is 37.3 Å². The summed E-state index contributed by atoms with van der Waals surface area (Å²) in [5, 5.41) is 24.6. The molecule has 0 aliphatic carbocycles. The molecule has 2 aromatic carbocycles. The summed E-state index contributed by atoms with van der Waals surface area (Å²) in [6.07, 6.45) is -2.69. The lowest BCUT2D eigenvalue weighted by atomic mass is 10.1. The lowest BCUT2D eigenvalue weighted by molar-refractivity contribution is -0.146. The first kappa shape index (κ1) is 51.0. The first-order valence-corrected chi connectivity index (χ1v) is 20.3. The smallest absolute Gasteiger partial charge is 0.333 e. The van der Waals surface area contributed by atoms with E-state index >= 15 is 0 Å². The van der Waals surface area contributed by atoms with Crippen molar-refractivity contribution in [2.45, 2.75) is 37.9 Å². The van der Waals surface area contributed by atoms with Crippen molar-refractivity contribution in [2.75, 3.05) is 106 Å². The van der Waals surface area contributed by atoms with Crippen LogP contribution in [0.2, 0.25) is 0 Å². The summed E-state index contributed by atoms with van der Waals surface area (Å²) in [6.45, 7) is 8.24. The highest BCUT2D eigenvalue weighted by Gasteiger charge is 2.29. The number of nitrogens with one attached hydrogen (secondary N) is 3. The van der Waals surface area contributed by atoms with E-state index in [1.54, 1.807) is 6.92 Å². The molecule has 2 aromatic rings. The number of carbonyl (C=O) groups is 3. The van der Waals surface area contributed by atoms with Crippen LogP contribution in [0.15, 0.2) is 46.9 Å². The lowest BCUT2D eigenvalue weighted by Gasteiger charge is -2.17. The Morgan fingerprint density at radius 1 is 0.678 bits per heavy atom. The van der Waals surface area contributed by atoms with Crippen LogP contribution < -0.4 is 20.1 Å². The highest BCUT2D eigenvalue weighted by Crippen LogP contribution is 2.30. The number of benzene rings is 2. The number of hydrogen-bond acceptors (Lipinski definition) is 15. The summed E-state index contributed by atoms with van der Waals surface area (Å²) in [5.41, 5.74) is 0.233. The largest absolute Gasteiger partial charge is 0.463 e. The number of sulfonamides is 1. The Labute approximate surface area is 342 Å². The van der Waals surface area contributed by atoms with E-state index < -0.39 is 57.4 Å². The third kappa shape index (κ3) is 20.6. The number of esters is 1. The zero-order valence-corrected chi connectivity index (χ0v) is 34.2. The van der Waals surface area contributed by atoms with E-state index in [4.69, 9.17) is 37.9 Å². The summed E-state index contributed by atoms with van der Waals surface area (Å²) in [7, 11) is -3.94. The minimum atomic E-state index is -3.94. The lowest BCUT2D eigenvalue weighted by Crippen LogP contribution is -2.50. The highest BCUT2D eigenvalue weighted by atomic mass is 32.2. The third-order valence-electron chi connectivity index (χ3n) is 7.51. The predicted molar refractivity (Wildman–Crippen MR) is 207 cm³/mol. The maximum Gasteiger partial charge on any atom is 0.333 e. The summed E-state index contributed by atoms with van der Waals surface area (Å²) in [5.74, 6) is -5.30. The number of aliphatic hydroxyl groups is 2. The second-order valence-electron chi connectivity index (χ2n) is 12.1. The first-order chi connectivity index (χ1) is 28.3. The highest BCUT2D eigenvalue weighted by molar-refractivity contribution is 7.89. The summed E-state index contributed by atoms with van der Waals surface area (Å²) < 4.78 is 99.0. The number of rotatable bonds is 32. The minimum Gasteiger partial charge on any atom is -0.463 e. The van der Waals surface area contributed by atoms with Crippen molar-refractivity contribution >= 4 is 33.9 Å². The van der Waals surface area contributed by atoms with Gasteiger partial charge in [0.05, 0.1) is 84.2 Å². The average molecular weight is 864 g/mol. The first-order valence-electron chi connectivity index (χ1n) is 18.8. The summed E-state index contributed by atoms with van der Waals surface area (Å²) in [6, 6.07) is 6.87. The normalized spacial score (nSPS) is 12.8. The molecule has 59 heavy (non-hydrogen) atoms. The Morgan fingerprint density at radius 3 is 1.58 bits per heavy atom. The molecule has 0 bridgehead atoms. The standard InChI is InChI=1S/C38H55F2N3O15S/c1-4-51-16-17-55-21-18-52-13-10-41-36(46)33(44)34(45)37(47)42-11-14-53-19-22-56-23-20-54-15-12-43-59(49,50)30-8-6-29(7-9-30)58-35-31(39)25-28(26-32(35)40)24-27(3)38(48)57-5-2/h6-9,24-26,33-34,43-45H,4-5,10-23H2,1-3H3,(H,41,46)(H,42,47)/b27-24+/t33-,34-/m1/s1. The summed E-state index contributed by atoms with van der Waals surface area (Å²) in [4.78, 5) is 35.7. The van der Waals surface area contributed by atoms with Gasteiger partial charge in [-0.2, -0.15) is 0 Å². The molecule has 2 rings (SSSR count). The maximum absolute atomic E-state index is 14.7. The second kappa shape index (κ2) is 29.1. The van der Waals surface area contributed by atoms with Crippen LogP contribution >= 0.6 is 0 Å². The second-order valence-corrected chi connectivity index (χ2v) is 13.8. The fourth-order valence-electron chi connectivity index (χ4n) is 4.57. The quantitative estimate of drug-likeness (QED) is 0.0393. The van der Waals surface area contributed by atoms with Gasteiger partial charge in [0.1, 0.15) is 5.75 Å². The van der Waals surface area contributed by atoms with Gasteiger partial charge in [0, 0.05) is 31.8 Å². The Hall–Kier alpha value is -4.16. The number of aliphatic hydroxyl groups excluding tert-OH is 2. The Balaban J connectivity index is 1.54. The van der Waals surface area contributed by atoms with E-state index in [9.17, 15) is 41.8 Å². The molecular weight excluding hydrogens is 808 g/mol. The molecule has 0 unspecified atom stereocenters. The molecule has 18 nitrogen and oxygen atoms in total. The van der Waals surface area contributed by atoms with Gasteiger partial charge in [-0.15, -0.1) is 0 Å². The molecule has 21 heteroatoms. The number of amides is 2. The molecule has 332 valence electrons. The molecular formula is C38H55F2N3O15S. The van der Waals surface area contributed by atoms with Crippen LogP contribution in [0.25, 0.3) is 6.08 Å². The maximum atomic E-state index is 14.7. The molecule has 0 spiro atoms. The SMILES string of the molecule is CCOCCOCCOCCNC(=O)[C@H](O)[C@@H](O)C(=O)NCCOCCOCCOCCNS(=O)(=O)c1ccc(Oc2c(F)cc(/C=C(\C)C(=O)OCC)cc2F)cc1. The topological polar surface area (TPSA) is 236 Å². The number of carbonyl (C=O) groups excluding carboxylic acids is 3. The number of halogens is 2. The Kier molecular flexibility index (Phi) is 25.2. The van der Waals surface area contributed by atoms with Gasteiger partial charge in [0.25, 0.3) is 11.8 Å². The van der Waals surface area contributed by atoms with Gasteiger partial charge in [-0.1, -0.05) is 0 Å². The summed E-state index contributed by atoms with van der Waals surface area (Å²) >= 11 is 0. The van der Waals surface area contributed by atoms with E-state index in [-0.39, 0.29) is 94.3 Å². The van der Waals surface area contributed by atoms with Crippen molar-refractivity contribution < 1.29 is 79.7 Å². The molecule has 0 aromatic heterocycles. The van der Waals surface area contributed by atoms with Crippen molar-refractivity contribution in [3.8, 4) is 11.5 Å². The average Bonchev–Trinajstić information content (AvgIpc) is 3.21. The minimum absolute atomic E-state index is 0.00411. The molecule has 0 saturated heterocycles. The molecule has 2 atom stereocenters. The van der Waals surface area contributed by atoms with Crippen molar-refractivity contribution in [2.24, 2.45) is 0 Å². The van der Waals surface area contributed by atoms with Gasteiger partial charge in [0.15, 0.2) is 29.6 Å². The molecule has 0 aliphatic rings. The van der Waals surface area contributed by atoms with Crippen LogP contribution in [0.4, 0.5) is 8.78 Å². The Bertz CT molecular complexity index is 1680. The van der Waals surface area contributed by atoms with Crippen LogP contribution in [-0.2, 0) is 57.6 Å². The van der Waals surface area contributed by atoms with Crippen molar-refractivity contribution in [1.29, 1.82) is 0 Å². The van der Waals surface area contributed by atoms with Gasteiger partial charge in [-0.3, -0.25) is 9.59 Å². The predicted octanol–water partition coefficient (Wildman–Crippen LogP) is 1.08. The van der Waals surface area contributed by atoms with E-state index in [0.717, 1.165) is 12.1 Å². The fraction of sp³-hybridized carbons (Fsp3) is 0.553. The van der Waals surface area contributed by atoms with E-state index in [1.807, 2.05) is 6.92 Å². The van der Waals surface area contributed by atoms with Crippen LogP contribution in [-0.4, -0.2) is 154 Å². The van der Waals surface area contributed by atoms with Crippen LogP contribution in [0.3, 0.4) is 0 Å². The van der Waals surface area contributed by atoms with E-state index in [0.29, 0.717) is 33.0 Å². The molecule has 2 amide bonds. The van der Waals surface area contributed by atoms with Crippen molar-refractivity contribution in [1.82, 2.24) is 15.4 Å². The van der Waals surface area contributed by atoms with Crippen LogP contribution in [0.1, 0.15) is 26.3 Å². The van der Waals surface area contributed by atoms with Crippen molar-refractivity contribution in [3.63, 3.8) is 0 Å². The van der Waals surface area contributed by atoms with Gasteiger partial charge in [-0.25, -0.2) is 26.7 Å². The van der Waals surface area contributed by atoms with Gasteiger partial charge in [-0.05, 0) is 68.8 Å². The Morgan fingerprint density at radius 2 is 1.12 bits per heavy atom. The molecule has 5 N–H and O–H groups in total. The molecule has 0 aliphatic heterocycles. The third-order valence-corrected chi connectivity index (χ3v) is 8.99. The van der Waals surface area contributed by atoms with Gasteiger partial charge < -0.3 is 58.7 Å². The molecule has 0 radical (unpaired) electrons. The molecule has 0 heterocycles. The van der Waals surface area contributed by atoms with E-state index in [2.05, 4.69) is 15.4 Å². The zero-order valence-electron chi connectivity index (χ0n) is 33.4. The monoisotopic (exact) mass is 863 g/mol. The number of hydrogen-bond donors (Lipinski definition) is 5.